The number of nitrogens with zero attached hydrogens (tertiary/aromatic N) is 2. The number of nitrogens with one attached hydrogen (secondary N) is 2. The fraction of sp³-hybridized carbons (Fsp3) is 0.160. The number of fused-ring (bicyclic) bond motifs is 1. The van der Waals surface area contributed by atoms with Crippen LogP contribution in [0.1, 0.15) is 11.1 Å². The van der Waals surface area contributed by atoms with Crippen LogP contribution in [0.2, 0.25) is 15.1 Å². The van der Waals surface area contributed by atoms with Crippen molar-refractivity contribution in [3.05, 3.63) is 80.8 Å². The molecule has 2 N–H and O–H groups in total. The average Bonchev–Trinajstić information content (AvgIpc) is 2.95. The minimum atomic E-state index is -1.06. The second-order valence-corrected chi connectivity index (χ2v) is 9.36. The number of carbonyl (C=O) groups is 1. The van der Waals surface area contributed by atoms with Gasteiger partial charge in [-0.2, -0.15) is 0 Å². The first-order valence-corrected chi connectivity index (χ1v) is 12.2. The van der Waals surface area contributed by atoms with Gasteiger partial charge in [-0.05, 0) is 42.5 Å². The van der Waals surface area contributed by atoms with Crippen molar-refractivity contribution in [3.63, 3.8) is 0 Å². The van der Waals surface area contributed by atoms with Crippen molar-refractivity contribution >= 4 is 75.1 Å². The number of thiocarbonyl (C=S) groups is 1. The Hall–Kier alpha value is -3.04. The maximum Gasteiger partial charge on any atom is 0.272 e. The highest BCUT2D eigenvalue weighted by molar-refractivity contribution is 7.80. The summed E-state index contributed by atoms with van der Waals surface area (Å²) in [6, 6.07) is 15.7. The van der Waals surface area contributed by atoms with E-state index in [0.717, 1.165) is 0 Å². The Kier molecular flexibility index (Phi) is 7.90. The third-order valence-electron chi connectivity index (χ3n) is 5.52. The molecule has 36 heavy (non-hydrogen) atoms. The summed E-state index contributed by atoms with van der Waals surface area (Å²) in [4.78, 5) is 19.7. The van der Waals surface area contributed by atoms with E-state index >= 15 is 0 Å². The van der Waals surface area contributed by atoms with Crippen molar-refractivity contribution in [2.75, 3.05) is 31.5 Å². The molecule has 1 heterocycles. The SMILES string of the molecule is COc1cc(OC)c(NC(=S)NC2N=C(c3ccccc3Cl)c3cc(Cl)ccc3N(C)C2=O)cc1Cl. The van der Waals surface area contributed by atoms with Crippen molar-refractivity contribution in [1.29, 1.82) is 0 Å². The number of ether oxygens (including phenoxy) is 2. The number of aliphatic imine (C=N–C) groups is 1. The Balaban J connectivity index is 1.72. The Morgan fingerprint density at radius 3 is 2.39 bits per heavy atom. The first kappa shape index (κ1) is 26.0. The van der Waals surface area contributed by atoms with Gasteiger partial charge < -0.3 is 25.0 Å². The zero-order valence-electron chi connectivity index (χ0n) is 19.4. The summed E-state index contributed by atoms with van der Waals surface area (Å²) in [5.74, 6) is 0.570. The molecular weight excluding hydrogens is 543 g/mol. The average molecular weight is 564 g/mol. The Morgan fingerprint density at radius 1 is 0.972 bits per heavy atom. The maximum absolute atomic E-state index is 13.4. The van der Waals surface area contributed by atoms with Crippen LogP contribution in [-0.2, 0) is 4.79 Å². The van der Waals surface area contributed by atoms with Gasteiger partial charge in [0.15, 0.2) is 5.11 Å². The molecule has 0 bridgehead atoms. The van der Waals surface area contributed by atoms with Crippen molar-refractivity contribution in [1.82, 2.24) is 5.32 Å². The van der Waals surface area contributed by atoms with E-state index < -0.39 is 6.17 Å². The van der Waals surface area contributed by atoms with Crippen LogP contribution in [-0.4, -0.2) is 44.2 Å². The van der Waals surface area contributed by atoms with Gasteiger partial charge in [0.05, 0.1) is 36.3 Å². The van der Waals surface area contributed by atoms with Crippen molar-refractivity contribution in [2.45, 2.75) is 6.17 Å². The summed E-state index contributed by atoms with van der Waals surface area (Å²) in [5, 5.41) is 7.49. The highest BCUT2D eigenvalue weighted by Crippen LogP contribution is 2.36. The fourth-order valence-electron chi connectivity index (χ4n) is 3.75. The first-order valence-electron chi connectivity index (χ1n) is 10.6. The first-order chi connectivity index (χ1) is 17.2. The number of hydrogen-bond acceptors (Lipinski definition) is 5. The molecule has 3 aromatic carbocycles. The van der Waals surface area contributed by atoms with E-state index in [0.29, 0.717) is 54.8 Å². The van der Waals surface area contributed by atoms with Crippen molar-refractivity contribution in [2.24, 2.45) is 4.99 Å². The summed E-state index contributed by atoms with van der Waals surface area (Å²) in [7, 11) is 4.68. The second-order valence-electron chi connectivity index (χ2n) is 7.70. The lowest BCUT2D eigenvalue weighted by molar-refractivity contribution is -0.119. The zero-order chi connectivity index (χ0) is 26.0. The van der Waals surface area contributed by atoms with Crippen LogP contribution < -0.4 is 25.0 Å². The second kappa shape index (κ2) is 10.9. The number of hydrogen-bond donors (Lipinski definition) is 2. The van der Waals surface area contributed by atoms with Gasteiger partial charge in [0.25, 0.3) is 5.91 Å². The molecule has 7 nitrogen and oxygen atoms in total. The monoisotopic (exact) mass is 562 g/mol. The van der Waals surface area contributed by atoms with E-state index in [1.54, 1.807) is 43.4 Å². The predicted octanol–water partition coefficient (Wildman–Crippen LogP) is 5.79. The van der Waals surface area contributed by atoms with Gasteiger partial charge in [-0.15, -0.1) is 0 Å². The molecule has 0 saturated heterocycles. The van der Waals surface area contributed by atoms with Gasteiger partial charge in [-0.25, -0.2) is 4.99 Å². The van der Waals surface area contributed by atoms with Crippen LogP contribution in [0.3, 0.4) is 0 Å². The molecule has 1 aliphatic rings. The third-order valence-corrected chi connectivity index (χ3v) is 6.60. The lowest BCUT2D eigenvalue weighted by Crippen LogP contribution is -2.47. The molecule has 4 rings (SSSR count). The number of methoxy groups -OCH3 is 2. The van der Waals surface area contributed by atoms with Crippen LogP contribution in [0.25, 0.3) is 0 Å². The molecule has 0 radical (unpaired) electrons. The molecule has 1 unspecified atom stereocenters. The number of anilines is 2. The molecule has 11 heteroatoms. The van der Waals surface area contributed by atoms with E-state index in [1.165, 1.54) is 19.1 Å². The van der Waals surface area contributed by atoms with Gasteiger partial charge in [0.2, 0.25) is 6.17 Å². The van der Waals surface area contributed by atoms with Gasteiger partial charge in [0.1, 0.15) is 11.5 Å². The number of benzene rings is 3. The number of likely N-dealkylation sites (N-methyl/N-ethyl adjacent to an activating group) is 1. The predicted molar refractivity (Wildman–Crippen MR) is 150 cm³/mol. The molecule has 186 valence electrons. The standard InChI is InChI=1S/C25H21Cl3N4O3S/c1-32-19-9-8-13(26)10-15(19)22(14-6-4-5-7-16(14)27)30-23(24(32)33)31-25(36)29-18-11-17(28)20(34-2)12-21(18)35-3/h4-12,23H,1-3H3,(H2,29,31,36). The fourth-order valence-corrected chi connectivity index (χ4v) is 4.61. The lowest BCUT2D eigenvalue weighted by atomic mass is 10.00. The molecule has 1 atom stereocenters. The molecule has 0 aliphatic carbocycles. The highest BCUT2D eigenvalue weighted by Gasteiger charge is 2.31. The Bertz CT molecular complexity index is 1380. The van der Waals surface area contributed by atoms with E-state index in [-0.39, 0.29) is 11.0 Å². The number of halogens is 3. The van der Waals surface area contributed by atoms with Gasteiger partial charge in [-0.3, -0.25) is 4.79 Å². The maximum atomic E-state index is 13.4. The van der Waals surface area contributed by atoms with Crippen LogP contribution in [0, 0.1) is 0 Å². The van der Waals surface area contributed by atoms with Gasteiger partial charge in [0, 0.05) is 34.3 Å². The minimum absolute atomic E-state index is 0.132. The van der Waals surface area contributed by atoms with Gasteiger partial charge in [-0.1, -0.05) is 53.0 Å². The van der Waals surface area contributed by atoms with Crippen LogP contribution in [0.5, 0.6) is 11.5 Å². The molecule has 0 spiro atoms. The summed E-state index contributed by atoms with van der Waals surface area (Å²) in [6.07, 6.45) is -1.06. The van der Waals surface area contributed by atoms with Crippen molar-refractivity contribution < 1.29 is 14.3 Å². The molecule has 3 aromatic rings. The summed E-state index contributed by atoms with van der Waals surface area (Å²) < 4.78 is 10.6. The van der Waals surface area contributed by atoms with Crippen LogP contribution >= 0.6 is 47.0 Å². The highest BCUT2D eigenvalue weighted by atomic mass is 35.5. The van der Waals surface area contributed by atoms with E-state index in [2.05, 4.69) is 10.6 Å². The normalized spacial score (nSPS) is 14.9. The third kappa shape index (κ3) is 5.22. The van der Waals surface area contributed by atoms with E-state index in [4.69, 9.17) is 61.5 Å². The summed E-state index contributed by atoms with van der Waals surface area (Å²) in [6.45, 7) is 0. The largest absolute Gasteiger partial charge is 0.495 e. The zero-order valence-corrected chi connectivity index (χ0v) is 22.5. The molecule has 1 aliphatic heterocycles. The molecule has 0 saturated carbocycles. The van der Waals surface area contributed by atoms with Crippen LogP contribution in [0.15, 0.2) is 59.6 Å². The Morgan fingerprint density at radius 2 is 1.69 bits per heavy atom. The smallest absolute Gasteiger partial charge is 0.272 e. The quantitative estimate of drug-likeness (QED) is 0.383. The number of carbonyl (C=O) groups excluding carboxylic acids is 1. The minimum Gasteiger partial charge on any atom is -0.495 e. The summed E-state index contributed by atoms with van der Waals surface area (Å²) in [5.41, 5.74) is 2.94. The Labute approximate surface area is 229 Å². The molecule has 0 aromatic heterocycles. The number of rotatable bonds is 5. The molecule has 0 fully saturated rings. The van der Waals surface area contributed by atoms with Gasteiger partial charge >= 0.3 is 0 Å². The van der Waals surface area contributed by atoms with E-state index in [1.807, 2.05) is 18.2 Å². The topological polar surface area (TPSA) is 75.2 Å². The lowest BCUT2D eigenvalue weighted by Gasteiger charge is -2.22. The van der Waals surface area contributed by atoms with E-state index in [9.17, 15) is 4.79 Å². The molecule has 1 amide bonds. The van der Waals surface area contributed by atoms with Crippen LogP contribution in [0.4, 0.5) is 11.4 Å². The van der Waals surface area contributed by atoms with Crippen molar-refractivity contribution in [3.8, 4) is 11.5 Å². The number of amides is 1. The summed E-state index contributed by atoms with van der Waals surface area (Å²) >= 11 is 24.6. The molecular formula is C25H21Cl3N4O3S. The number of benzodiazepines with no additional fused rings is 1.